The Morgan fingerprint density at radius 3 is 2.12 bits per heavy atom. The first-order chi connectivity index (χ1) is 8.21. The van der Waals surface area contributed by atoms with Crippen molar-refractivity contribution in [3.8, 4) is 11.5 Å². The Morgan fingerprint density at radius 1 is 1.06 bits per heavy atom. The molecule has 0 amide bonds. The smallest absolute Gasteiger partial charge is 0.122 e. The van der Waals surface area contributed by atoms with Crippen LogP contribution in [-0.4, -0.2) is 20.8 Å². The van der Waals surface area contributed by atoms with Gasteiger partial charge in [-0.25, -0.2) is 0 Å². The average Bonchev–Trinajstić information content (AvgIpc) is 2.38. The summed E-state index contributed by atoms with van der Waals surface area (Å²) in [4.78, 5) is 0. The lowest BCUT2D eigenvalue weighted by molar-refractivity contribution is 0.392. The molecule has 1 aromatic rings. The summed E-state index contributed by atoms with van der Waals surface area (Å²) in [6, 6.07) is 5.76. The van der Waals surface area contributed by atoms with Gasteiger partial charge in [0.1, 0.15) is 11.5 Å². The normalized spacial score (nSPS) is 12.2. The fraction of sp³-hybridized carbons (Fsp3) is 0.538. The van der Waals surface area contributed by atoms with Gasteiger partial charge in [-0.1, -0.05) is 6.42 Å². The summed E-state index contributed by atoms with van der Waals surface area (Å²) in [6.07, 6.45) is 2.97. The number of ether oxygens (including phenoxy) is 2. The SMILES string of the molecule is COc1cc(OC)cc([C@@H](N)CCCCN)c1. The van der Waals surface area contributed by atoms with Crippen LogP contribution in [-0.2, 0) is 0 Å². The highest BCUT2D eigenvalue weighted by Crippen LogP contribution is 2.27. The molecule has 0 bridgehead atoms. The molecule has 4 heteroatoms. The van der Waals surface area contributed by atoms with Crippen LogP contribution < -0.4 is 20.9 Å². The van der Waals surface area contributed by atoms with E-state index in [1.807, 2.05) is 18.2 Å². The molecule has 0 fully saturated rings. The number of rotatable bonds is 7. The number of hydrogen-bond acceptors (Lipinski definition) is 4. The van der Waals surface area contributed by atoms with Gasteiger partial charge in [-0.05, 0) is 37.1 Å². The minimum atomic E-state index is 0.00514. The summed E-state index contributed by atoms with van der Waals surface area (Å²) in [6.45, 7) is 0.716. The minimum Gasteiger partial charge on any atom is -0.497 e. The van der Waals surface area contributed by atoms with Crippen molar-refractivity contribution in [2.45, 2.75) is 25.3 Å². The topological polar surface area (TPSA) is 70.5 Å². The summed E-state index contributed by atoms with van der Waals surface area (Å²) in [5.41, 5.74) is 12.6. The maximum Gasteiger partial charge on any atom is 0.122 e. The van der Waals surface area contributed by atoms with Crippen LogP contribution >= 0.6 is 0 Å². The Labute approximate surface area is 103 Å². The van der Waals surface area contributed by atoms with E-state index in [1.54, 1.807) is 14.2 Å². The Bertz CT molecular complexity index is 320. The highest BCUT2D eigenvalue weighted by atomic mass is 16.5. The molecular weight excluding hydrogens is 216 g/mol. The van der Waals surface area contributed by atoms with E-state index in [0.29, 0.717) is 6.54 Å². The van der Waals surface area contributed by atoms with Gasteiger partial charge in [0, 0.05) is 12.1 Å². The molecule has 0 aliphatic carbocycles. The fourth-order valence-corrected chi connectivity index (χ4v) is 1.72. The Hall–Kier alpha value is -1.26. The van der Waals surface area contributed by atoms with Gasteiger partial charge in [0.25, 0.3) is 0 Å². The number of methoxy groups -OCH3 is 2. The standard InChI is InChI=1S/C13H22N2O2/c1-16-11-7-10(8-12(9-11)17-2)13(15)5-3-4-6-14/h7-9,13H,3-6,14-15H2,1-2H3/t13-/m0/s1. The third-order valence-corrected chi connectivity index (χ3v) is 2.77. The van der Waals surface area contributed by atoms with Crippen LogP contribution in [0, 0.1) is 0 Å². The van der Waals surface area contributed by atoms with Crippen molar-refractivity contribution in [3.63, 3.8) is 0 Å². The van der Waals surface area contributed by atoms with Crippen LogP contribution in [0.4, 0.5) is 0 Å². The van der Waals surface area contributed by atoms with E-state index in [9.17, 15) is 0 Å². The van der Waals surface area contributed by atoms with Gasteiger partial charge in [0.05, 0.1) is 14.2 Å². The van der Waals surface area contributed by atoms with E-state index in [4.69, 9.17) is 20.9 Å². The molecule has 17 heavy (non-hydrogen) atoms. The lowest BCUT2D eigenvalue weighted by Crippen LogP contribution is -2.11. The molecule has 0 heterocycles. The Kier molecular flexibility index (Phi) is 5.80. The van der Waals surface area contributed by atoms with E-state index < -0.39 is 0 Å². The zero-order valence-corrected chi connectivity index (χ0v) is 10.6. The highest BCUT2D eigenvalue weighted by Gasteiger charge is 2.09. The van der Waals surface area contributed by atoms with Crippen molar-refractivity contribution in [2.75, 3.05) is 20.8 Å². The van der Waals surface area contributed by atoms with E-state index >= 15 is 0 Å². The lowest BCUT2D eigenvalue weighted by atomic mass is 10.0. The first-order valence-electron chi connectivity index (χ1n) is 5.90. The largest absolute Gasteiger partial charge is 0.497 e. The first kappa shape index (κ1) is 13.8. The predicted molar refractivity (Wildman–Crippen MR) is 69.4 cm³/mol. The third-order valence-electron chi connectivity index (χ3n) is 2.77. The van der Waals surface area contributed by atoms with Crippen molar-refractivity contribution < 1.29 is 9.47 Å². The van der Waals surface area contributed by atoms with Crippen LogP contribution in [0.1, 0.15) is 30.9 Å². The van der Waals surface area contributed by atoms with Gasteiger partial charge in [-0.2, -0.15) is 0 Å². The Morgan fingerprint density at radius 2 is 1.65 bits per heavy atom. The molecule has 0 aromatic heterocycles. The van der Waals surface area contributed by atoms with Gasteiger partial charge < -0.3 is 20.9 Å². The van der Waals surface area contributed by atoms with E-state index in [-0.39, 0.29) is 6.04 Å². The molecule has 1 rings (SSSR count). The molecule has 0 saturated heterocycles. The maximum atomic E-state index is 6.13. The molecule has 0 aliphatic rings. The number of benzene rings is 1. The quantitative estimate of drug-likeness (QED) is 0.711. The van der Waals surface area contributed by atoms with E-state index in [2.05, 4.69) is 0 Å². The summed E-state index contributed by atoms with van der Waals surface area (Å²) in [7, 11) is 3.27. The molecule has 0 radical (unpaired) electrons. The van der Waals surface area contributed by atoms with Crippen molar-refractivity contribution >= 4 is 0 Å². The molecule has 4 N–H and O–H groups in total. The number of nitrogens with two attached hydrogens (primary N) is 2. The number of hydrogen-bond donors (Lipinski definition) is 2. The van der Waals surface area contributed by atoms with Gasteiger partial charge in [-0.3, -0.25) is 0 Å². The zero-order chi connectivity index (χ0) is 12.7. The molecule has 0 spiro atoms. The monoisotopic (exact) mass is 238 g/mol. The second-order valence-corrected chi connectivity index (χ2v) is 4.04. The predicted octanol–water partition coefficient (Wildman–Crippen LogP) is 1.83. The lowest BCUT2D eigenvalue weighted by Gasteiger charge is -2.14. The minimum absolute atomic E-state index is 0.00514. The maximum absolute atomic E-state index is 6.13. The second-order valence-electron chi connectivity index (χ2n) is 4.04. The van der Waals surface area contributed by atoms with Crippen molar-refractivity contribution in [2.24, 2.45) is 11.5 Å². The third kappa shape index (κ3) is 4.24. The summed E-state index contributed by atoms with van der Waals surface area (Å²) in [5, 5.41) is 0. The first-order valence-corrected chi connectivity index (χ1v) is 5.90. The van der Waals surface area contributed by atoms with Gasteiger partial charge in [0.15, 0.2) is 0 Å². The van der Waals surface area contributed by atoms with Gasteiger partial charge in [-0.15, -0.1) is 0 Å². The molecule has 0 unspecified atom stereocenters. The van der Waals surface area contributed by atoms with Crippen LogP contribution in [0.2, 0.25) is 0 Å². The van der Waals surface area contributed by atoms with Crippen LogP contribution in [0.5, 0.6) is 11.5 Å². The van der Waals surface area contributed by atoms with Crippen LogP contribution in [0.15, 0.2) is 18.2 Å². The van der Waals surface area contributed by atoms with Crippen molar-refractivity contribution in [3.05, 3.63) is 23.8 Å². The Balaban J connectivity index is 2.73. The molecule has 1 atom stereocenters. The van der Waals surface area contributed by atoms with Crippen LogP contribution in [0.25, 0.3) is 0 Å². The molecule has 96 valence electrons. The van der Waals surface area contributed by atoms with Gasteiger partial charge >= 0.3 is 0 Å². The molecule has 1 aromatic carbocycles. The summed E-state index contributed by atoms with van der Waals surface area (Å²) < 4.78 is 10.4. The van der Waals surface area contributed by atoms with Crippen LogP contribution in [0.3, 0.4) is 0 Å². The number of unbranched alkanes of at least 4 members (excludes halogenated alkanes) is 1. The van der Waals surface area contributed by atoms with E-state index in [0.717, 1.165) is 36.3 Å². The zero-order valence-electron chi connectivity index (χ0n) is 10.6. The van der Waals surface area contributed by atoms with Crippen molar-refractivity contribution in [1.29, 1.82) is 0 Å². The molecule has 0 saturated carbocycles. The second kappa shape index (κ2) is 7.14. The molecule has 0 aliphatic heterocycles. The molecular formula is C13H22N2O2. The summed E-state index contributed by atoms with van der Waals surface area (Å²) in [5.74, 6) is 1.54. The molecule has 4 nitrogen and oxygen atoms in total. The fourth-order valence-electron chi connectivity index (χ4n) is 1.72. The summed E-state index contributed by atoms with van der Waals surface area (Å²) >= 11 is 0. The highest BCUT2D eigenvalue weighted by molar-refractivity contribution is 5.39. The van der Waals surface area contributed by atoms with Gasteiger partial charge in [0.2, 0.25) is 0 Å². The van der Waals surface area contributed by atoms with Crippen molar-refractivity contribution in [1.82, 2.24) is 0 Å². The average molecular weight is 238 g/mol. The van der Waals surface area contributed by atoms with E-state index in [1.165, 1.54) is 0 Å².